The number of hydrogen-bond acceptors (Lipinski definition) is 4. The number of hydrogen-bond donors (Lipinski definition) is 1. The smallest absolute Gasteiger partial charge is 0.258 e. The molecule has 1 amide bonds. The molecular formula is C15H17BrN4O. The van der Waals surface area contributed by atoms with E-state index in [0.717, 1.165) is 34.3 Å². The molecule has 2 aromatic rings. The zero-order valence-corrected chi connectivity index (χ0v) is 13.9. The Morgan fingerprint density at radius 3 is 2.52 bits per heavy atom. The normalized spacial score (nSPS) is 10.5. The molecule has 0 atom stereocenters. The number of nitrogens with zero attached hydrogens (tertiary/aromatic N) is 3. The molecule has 5 nitrogen and oxygen atoms in total. The summed E-state index contributed by atoms with van der Waals surface area (Å²) in [6.45, 7) is 5.98. The van der Waals surface area contributed by atoms with Gasteiger partial charge in [-0.25, -0.2) is 4.98 Å². The maximum absolute atomic E-state index is 12.2. The summed E-state index contributed by atoms with van der Waals surface area (Å²) in [4.78, 5) is 16.5. The SMILES string of the molecule is CCc1nnc(NC(=O)c2ccc(C)c(Br)c2)nc1CC. The van der Waals surface area contributed by atoms with Gasteiger partial charge in [0.15, 0.2) is 0 Å². The maximum atomic E-state index is 12.2. The van der Waals surface area contributed by atoms with Crippen LogP contribution < -0.4 is 5.32 Å². The Labute approximate surface area is 132 Å². The summed E-state index contributed by atoms with van der Waals surface area (Å²) in [7, 11) is 0. The highest BCUT2D eigenvalue weighted by Gasteiger charge is 2.11. The average molecular weight is 349 g/mol. The van der Waals surface area contributed by atoms with Gasteiger partial charge in [0.25, 0.3) is 5.91 Å². The number of aryl methyl sites for hydroxylation is 3. The van der Waals surface area contributed by atoms with Crippen molar-refractivity contribution >= 4 is 27.8 Å². The first-order chi connectivity index (χ1) is 10.0. The summed E-state index contributed by atoms with van der Waals surface area (Å²) in [5.74, 6) is -0.00505. The van der Waals surface area contributed by atoms with E-state index in [1.165, 1.54) is 0 Å². The van der Waals surface area contributed by atoms with E-state index in [-0.39, 0.29) is 11.9 Å². The number of anilines is 1. The van der Waals surface area contributed by atoms with Gasteiger partial charge in [-0.2, -0.15) is 0 Å². The molecule has 0 fully saturated rings. The number of halogens is 1. The van der Waals surface area contributed by atoms with Crippen LogP contribution in [0, 0.1) is 6.92 Å². The number of amides is 1. The van der Waals surface area contributed by atoms with Crippen LogP contribution in [0.2, 0.25) is 0 Å². The van der Waals surface area contributed by atoms with Gasteiger partial charge in [0.2, 0.25) is 5.95 Å². The van der Waals surface area contributed by atoms with Crippen molar-refractivity contribution in [1.82, 2.24) is 15.2 Å². The molecule has 1 heterocycles. The molecule has 1 aromatic carbocycles. The van der Waals surface area contributed by atoms with Crippen LogP contribution in [0.5, 0.6) is 0 Å². The molecule has 1 N–H and O–H groups in total. The van der Waals surface area contributed by atoms with Gasteiger partial charge in [0.05, 0.1) is 11.4 Å². The third kappa shape index (κ3) is 3.64. The molecule has 0 aliphatic carbocycles. The molecule has 2 rings (SSSR count). The average Bonchev–Trinajstić information content (AvgIpc) is 2.49. The summed E-state index contributed by atoms with van der Waals surface area (Å²) >= 11 is 3.42. The molecule has 0 saturated carbocycles. The first-order valence-corrected chi connectivity index (χ1v) is 7.64. The summed E-state index contributed by atoms with van der Waals surface area (Å²) in [6, 6.07) is 5.43. The molecule has 1 aromatic heterocycles. The molecule has 0 bridgehead atoms. The highest BCUT2D eigenvalue weighted by molar-refractivity contribution is 9.10. The third-order valence-corrected chi connectivity index (χ3v) is 4.02. The van der Waals surface area contributed by atoms with Gasteiger partial charge in [-0.3, -0.25) is 10.1 Å². The molecule has 0 unspecified atom stereocenters. The number of nitrogens with one attached hydrogen (secondary N) is 1. The van der Waals surface area contributed by atoms with Crippen LogP contribution in [0.4, 0.5) is 5.95 Å². The van der Waals surface area contributed by atoms with Gasteiger partial charge in [0.1, 0.15) is 0 Å². The van der Waals surface area contributed by atoms with Crippen molar-refractivity contribution in [2.75, 3.05) is 5.32 Å². The van der Waals surface area contributed by atoms with E-state index in [9.17, 15) is 4.79 Å². The van der Waals surface area contributed by atoms with Crippen LogP contribution in [-0.2, 0) is 12.8 Å². The van der Waals surface area contributed by atoms with E-state index in [2.05, 4.69) is 36.4 Å². The van der Waals surface area contributed by atoms with Crippen molar-refractivity contribution in [1.29, 1.82) is 0 Å². The van der Waals surface area contributed by atoms with E-state index in [4.69, 9.17) is 0 Å². The van der Waals surface area contributed by atoms with Crippen molar-refractivity contribution in [3.8, 4) is 0 Å². The minimum atomic E-state index is -0.246. The zero-order valence-electron chi connectivity index (χ0n) is 12.3. The van der Waals surface area contributed by atoms with Gasteiger partial charge in [-0.05, 0) is 37.5 Å². The highest BCUT2D eigenvalue weighted by Crippen LogP contribution is 2.18. The van der Waals surface area contributed by atoms with E-state index < -0.39 is 0 Å². The second-order valence-corrected chi connectivity index (χ2v) is 5.51. The van der Waals surface area contributed by atoms with Crippen LogP contribution in [0.1, 0.15) is 41.2 Å². The summed E-state index contributed by atoms with van der Waals surface area (Å²) in [6.07, 6.45) is 1.54. The largest absolute Gasteiger partial charge is 0.289 e. The highest BCUT2D eigenvalue weighted by atomic mass is 79.9. The predicted molar refractivity (Wildman–Crippen MR) is 85.4 cm³/mol. The minimum absolute atomic E-state index is 0.241. The Balaban J connectivity index is 2.21. The molecule has 110 valence electrons. The molecule has 0 saturated heterocycles. The van der Waals surface area contributed by atoms with Gasteiger partial charge in [-0.15, -0.1) is 10.2 Å². The Kier molecular flexibility index (Phi) is 5.01. The van der Waals surface area contributed by atoms with Crippen molar-refractivity contribution in [3.05, 3.63) is 45.2 Å². The van der Waals surface area contributed by atoms with Crippen molar-refractivity contribution in [3.63, 3.8) is 0 Å². The van der Waals surface area contributed by atoms with Crippen molar-refractivity contribution < 1.29 is 4.79 Å². The van der Waals surface area contributed by atoms with Crippen LogP contribution in [0.25, 0.3) is 0 Å². The van der Waals surface area contributed by atoms with E-state index in [1.807, 2.05) is 26.8 Å². The monoisotopic (exact) mass is 348 g/mol. The minimum Gasteiger partial charge on any atom is -0.289 e. The molecular weight excluding hydrogens is 332 g/mol. The van der Waals surface area contributed by atoms with Crippen LogP contribution in [0.15, 0.2) is 22.7 Å². The standard InChI is InChI=1S/C15H17BrN4O/c1-4-12-13(5-2)19-20-15(17-12)18-14(21)10-7-6-9(3)11(16)8-10/h6-8H,4-5H2,1-3H3,(H,17,18,20,21). The van der Waals surface area contributed by atoms with Crippen LogP contribution in [0.3, 0.4) is 0 Å². The second-order valence-electron chi connectivity index (χ2n) is 4.65. The van der Waals surface area contributed by atoms with Crippen LogP contribution in [-0.4, -0.2) is 21.1 Å². The lowest BCUT2D eigenvalue weighted by molar-refractivity contribution is 0.102. The molecule has 0 spiro atoms. The predicted octanol–water partition coefficient (Wildman–Crippen LogP) is 3.32. The zero-order chi connectivity index (χ0) is 15.4. The maximum Gasteiger partial charge on any atom is 0.258 e. The second kappa shape index (κ2) is 6.76. The fourth-order valence-electron chi connectivity index (χ4n) is 1.90. The molecule has 0 aliphatic heterocycles. The fraction of sp³-hybridized carbons (Fsp3) is 0.333. The summed E-state index contributed by atoms with van der Waals surface area (Å²) in [5, 5.41) is 10.8. The Bertz CT molecular complexity index is 673. The number of benzene rings is 1. The quantitative estimate of drug-likeness (QED) is 0.920. The third-order valence-electron chi connectivity index (χ3n) is 3.17. The Morgan fingerprint density at radius 2 is 1.90 bits per heavy atom. The van der Waals surface area contributed by atoms with Gasteiger partial charge < -0.3 is 0 Å². The van der Waals surface area contributed by atoms with Crippen molar-refractivity contribution in [2.45, 2.75) is 33.6 Å². The van der Waals surface area contributed by atoms with Gasteiger partial charge in [0, 0.05) is 10.0 Å². The number of carbonyl (C=O) groups is 1. The molecule has 0 radical (unpaired) electrons. The van der Waals surface area contributed by atoms with E-state index in [0.29, 0.717) is 5.56 Å². The summed E-state index contributed by atoms with van der Waals surface area (Å²) < 4.78 is 0.893. The molecule has 0 aliphatic rings. The van der Waals surface area contributed by atoms with E-state index >= 15 is 0 Å². The van der Waals surface area contributed by atoms with Gasteiger partial charge in [-0.1, -0.05) is 35.8 Å². The Morgan fingerprint density at radius 1 is 1.19 bits per heavy atom. The lowest BCUT2D eigenvalue weighted by Gasteiger charge is -2.07. The van der Waals surface area contributed by atoms with Crippen LogP contribution >= 0.6 is 15.9 Å². The topological polar surface area (TPSA) is 67.8 Å². The van der Waals surface area contributed by atoms with E-state index in [1.54, 1.807) is 12.1 Å². The fourth-order valence-corrected chi connectivity index (χ4v) is 2.28. The number of carbonyl (C=O) groups excluding carboxylic acids is 1. The van der Waals surface area contributed by atoms with Gasteiger partial charge >= 0.3 is 0 Å². The number of rotatable bonds is 4. The molecule has 6 heteroatoms. The lowest BCUT2D eigenvalue weighted by Crippen LogP contribution is -2.16. The molecule has 21 heavy (non-hydrogen) atoms. The first-order valence-electron chi connectivity index (χ1n) is 6.85. The first kappa shape index (κ1) is 15.6. The summed E-state index contributed by atoms with van der Waals surface area (Å²) in [5.41, 5.74) is 3.36. The number of aromatic nitrogens is 3. The lowest BCUT2D eigenvalue weighted by atomic mass is 10.1. The Hall–Kier alpha value is -1.82. The van der Waals surface area contributed by atoms with Crippen molar-refractivity contribution in [2.24, 2.45) is 0 Å².